The Balaban J connectivity index is 1.95. The molecular weight excluding hydrogens is 247 g/mol. The molecule has 0 aliphatic carbocycles. The van der Waals surface area contributed by atoms with E-state index in [0.29, 0.717) is 18.1 Å². The first kappa shape index (κ1) is 13.5. The molecule has 0 spiro atoms. The summed E-state index contributed by atoms with van der Waals surface area (Å²) in [5.74, 6) is 0.214. The molecule has 0 fully saturated rings. The Kier molecular flexibility index (Phi) is 3.80. The van der Waals surface area contributed by atoms with Crippen molar-refractivity contribution in [1.29, 1.82) is 0 Å². The quantitative estimate of drug-likeness (QED) is 0.889. The second-order valence-corrected chi connectivity index (χ2v) is 5.24. The second-order valence-electron chi connectivity index (χ2n) is 5.24. The van der Waals surface area contributed by atoms with Crippen molar-refractivity contribution in [3.63, 3.8) is 0 Å². The molecule has 102 valence electrons. The Labute approximate surface area is 111 Å². The maximum atomic E-state index is 12.8. The number of anilines is 2. The van der Waals surface area contributed by atoms with Crippen LogP contribution in [0.1, 0.15) is 26.7 Å². The monoisotopic (exact) mass is 264 g/mol. The highest BCUT2D eigenvalue weighted by Gasteiger charge is 2.12. The zero-order valence-electron chi connectivity index (χ0n) is 11.2. The van der Waals surface area contributed by atoms with Gasteiger partial charge in [-0.05, 0) is 45.0 Å². The van der Waals surface area contributed by atoms with Gasteiger partial charge in [-0.25, -0.2) is 4.39 Å². The Bertz CT molecular complexity index is 530. The van der Waals surface area contributed by atoms with Crippen molar-refractivity contribution < 1.29 is 8.81 Å². The summed E-state index contributed by atoms with van der Waals surface area (Å²) in [6, 6.07) is 6.22. The van der Waals surface area contributed by atoms with Crippen molar-refractivity contribution in [3.8, 4) is 0 Å². The SMILES string of the molecule is CC(C)(C)NCc1nnc(Nc2ccc(F)cc2)o1. The molecule has 2 N–H and O–H groups in total. The Hall–Kier alpha value is -1.95. The van der Waals surface area contributed by atoms with Crippen molar-refractivity contribution >= 4 is 11.7 Å². The van der Waals surface area contributed by atoms with E-state index in [4.69, 9.17) is 4.42 Å². The standard InChI is InChI=1S/C13H17FN4O/c1-13(2,3)15-8-11-17-18-12(19-11)16-10-6-4-9(14)5-7-10/h4-7,15H,8H2,1-3H3,(H,16,18). The molecule has 2 aromatic rings. The number of hydrogen-bond acceptors (Lipinski definition) is 5. The van der Waals surface area contributed by atoms with E-state index >= 15 is 0 Å². The minimum atomic E-state index is -0.286. The molecule has 0 aliphatic rings. The van der Waals surface area contributed by atoms with Gasteiger partial charge in [0.2, 0.25) is 5.89 Å². The zero-order valence-corrected chi connectivity index (χ0v) is 11.2. The third-order valence-electron chi connectivity index (χ3n) is 2.33. The van der Waals surface area contributed by atoms with Crippen molar-refractivity contribution in [2.45, 2.75) is 32.9 Å². The zero-order chi connectivity index (χ0) is 13.9. The van der Waals surface area contributed by atoms with Crippen LogP contribution in [-0.4, -0.2) is 15.7 Å². The Morgan fingerprint density at radius 1 is 1.16 bits per heavy atom. The topological polar surface area (TPSA) is 63.0 Å². The highest BCUT2D eigenvalue weighted by molar-refractivity contribution is 5.51. The summed E-state index contributed by atoms with van der Waals surface area (Å²) in [6.45, 7) is 6.67. The van der Waals surface area contributed by atoms with Crippen LogP contribution < -0.4 is 10.6 Å². The summed E-state index contributed by atoms with van der Waals surface area (Å²) in [4.78, 5) is 0. The first-order valence-corrected chi connectivity index (χ1v) is 6.02. The molecule has 5 nitrogen and oxygen atoms in total. The van der Waals surface area contributed by atoms with Gasteiger partial charge in [0.25, 0.3) is 0 Å². The number of nitrogens with one attached hydrogen (secondary N) is 2. The van der Waals surface area contributed by atoms with Gasteiger partial charge in [0.05, 0.1) is 6.54 Å². The molecule has 2 rings (SSSR count). The van der Waals surface area contributed by atoms with E-state index in [-0.39, 0.29) is 17.4 Å². The number of nitrogens with zero attached hydrogens (tertiary/aromatic N) is 2. The lowest BCUT2D eigenvalue weighted by molar-refractivity contribution is 0.384. The fraction of sp³-hybridized carbons (Fsp3) is 0.385. The van der Waals surface area contributed by atoms with Crippen molar-refractivity contribution in [2.75, 3.05) is 5.32 Å². The van der Waals surface area contributed by atoms with Crippen LogP contribution in [0.3, 0.4) is 0 Å². The smallest absolute Gasteiger partial charge is 0.320 e. The first-order valence-electron chi connectivity index (χ1n) is 6.02. The van der Waals surface area contributed by atoms with Crippen molar-refractivity contribution in [2.24, 2.45) is 0 Å². The van der Waals surface area contributed by atoms with E-state index < -0.39 is 0 Å². The minimum Gasteiger partial charge on any atom is -0.406 e. The lowest BCUT2D eigenvalue weighted by atomic mass is 10.1. The van der Waals surface area contributed by atoms with Gasteiger partial charge in [-0.15, -0.1) is 5.10 Å². The van der Waals surface area contributed by atoms with Crippen LogP contribution in [-0.2, 0) is 6.54 Å². The van der Waals surface area contributed by atoms with Crippen LogP contribution >= 0.6 is 0 Å². The molecule has 0 unspecified atom stereocenters. The van der Waals surface area contributed by atoms with Crippen LogP contribution in [0.15, 0.2) is 28.7 Å². The molecule has 0 aliphatic heterocycles. The molecule has 0 atom stereocenters. The van der Waals surface area contributed by atoms with Gasteiger partial charge >= 0.3 is 6.01 Å². The molecule has 0 amide bonds. The third-order valence-corrected chi connectivity index (χ3v) is 2.33. The van der Waals surface area contributed by atoms with E-state index in [2.05, 4.69) is 41.6 Å². The number of benzene rings is 1. The van der Waals surface area contributed by atoms with Crippen LogP contribution in [0.2, 0.25) is 0 Å². The largest absolute Gasteiger partial charge is 0.406 e. The Morgan fingerprint density at radius 2 is 1.84 bits per heavy atom. The maximum absolute atomic E-state index is 12.8. The van der Waals surface area contributed by atoms with Crippen molar-refractivity contribution in [3.05, 3.63) is 36.0 Å². The van der Waals surface area contributed by atoms with Crippen molar-refractivity contribution in [1.82, 2.24) is 15.5 Å². The van der Waals surface area contributed by atoms with Gasteiger partial charge < -0.3 is 15.1 Å². The summed E-state index contributed by atoms with van der Waals surface area (Å²) in [5, 5.41) is 14.0. The number of halogens is 1. The minimum absolute atomic E-state index is 0.0149. The van der Waals surface area contributed by atoms with E-state index in [1.165, 1.54) is 12.1 Å². The number of aromatic nitrogens is 2. The summed E-state index contributed by atoms with van der Waals surface area (Å²) in [5.41, 5.74) is 0.680. The highest BCUT2D eigenvalue weighted by atomic mass is 19.1. The average molecular weight is 264 g/mol. The first-order chi connectivity index (χ1) is 8.92. The number of hydrogen-bond donors (Lipinski definition) is 2. The van der Waals surface area contributed by atoms with Crippen LogP contribution in [0.4, 0.5) is 16.1 Å². The van der Waals surface area contributed by atoms with Gasteiger partial charge in [-0.2, -0.15) is 0 Å². The Morgan fingerprint density at radius 3 is 2.47 bits per heavy atom. The molecule has 6 heteroatoms. The molecular formula is C13H17FN4O. The maximum Gasteiger partial charge on any atom is 0.320 e. The normalized spacial score (nSPS) is 11.6. The van der Waals surface area contributed by atoms with Crippen LogP contribution in [0.5, 0.6) is 0 Å². The fourth-order valence-corrected chi connectivity index (χ4v) is 1.37. The fourth-order valence-electron chi connectivity index (χ4n) is 1.37. The molecule has 1 aromatic heterocycles. The van der Waals surface area contributed by atoms with Gasteiger partial charge in [-0.3, -0.25) is 0 Å². The van der Waals surface area contributed by atoms with Gasteiger partial charge in [-0.1, -0.05) is 5.10 Å². The number of rotatable bonds is 4. The average Bonchev–Trinajstić information content (AvgIpc) is 2.77. The van der Waals surface area contributed by atoms with Crippen LogP contribution in [0.25, 0.3) is 0 Å². The molecule has 0 saturated heterocycles. The lowest BCUT2D eigenvalue weighted by Crippen LogP contribution is -2.35. The third kappa shape index (κ3) is 4.33. The molecule has 0 radical (unpaired) electrons. The summed E-state index contributed by atoms with van der Waals surface area (Å²) >= 11 is 0. The van der Waals surface area contributed by atoms with Gasteiger partial charge in [0, 0.05) is 11.2 Å². The van der Waals surface area contributed by atoms with E-state index in [1.807, 2.05) is 0 Å². The molecule has 0 bridgehead atoms. The molecule has 1 aromatic carbocycles. The van der Waals surface area contributed by atoms with Crippen LogP contribution in [0, 0.1) is 5.82 Å². The predicted molar refractivity (Wildman–Crippen MR) is 70.6 cm³/mol. The molecule has 19 heavy (non-hydrogen) atoms. The van der Waals surface area contributed by atoms with E-state index in [0.717, 1.165) is 0 Å². The predicted octanol–water partition coefficient (Wildman–Crippen LogP) is 2.84. The summed E-state index contributed by atoms with van der Waals surface area (Å²) < 4.78 is 18.2. The van der Waals surface area contributed by atoms with E-state index in [9.17, 15) is 4.39 Å². The highest BCUT2D eigenvalue weighted by Crippen LogP contribution is 2.15. The molecule has 0 saturated carbocycles. The van der Waals surface area contributed by atoms with E-state index in [1.54, 1.807) is 12.1 Å². The molecule has 1 heterocycles. The summed E-state index contributed by atoms with van der Waals surface area (Å²) in [6.07, 6.45) is 0. The second kappa shape index (κ2) is 5.36. The van der Waals surface area contributed by atoms with Gasteiger partial charge in [0.15, 0.2) is 0 Å². The lowest BCUT2D eigenvalue weighted by Gasteiger charge is -2.18. The summed E-state index contributed by atoms with van der Waals surface area (Å²) in [7, 11) is 0. The van der Waals surface area contributed by atoms with Gasteiger partial charge in [0.1, 0.15) is 5.82 Å².